The van der Waals surface area contributed by atoms with E-state index in [1.165, 1.54) is 5.56 Å². The summed E-state index contributed by atoms with van der Waals surface area (Å²) in [5.41, 5.74) is 3.37. The molecule has 0 spiro atoms. The molecule has 0 N–H and O–H groups in total. The molecule has 0 amide bonds. The minimum Gasteiger partial charge on any atom is -0.454 e. The van der Waals surface area contributed by atoms with Crippen molar-refractivity contribution in [1.29, 1.82) is 0 Å². The van der Waals surface area contributed by atoms with Crippen LogP contribution in [0.15, 0.2) is 96.4 Å². The van der Waals surface area contributed by atoms with Crippen LogP contribution >= 0.6 is 11.8 Å². The van der Waals surface area contributed by atoms with E-state index in [1.54, 1.807) is 11.8 Å². The van der Waals surface area contributed by atoms with Crippen molar-refractivity contribution in [3.05, 3.63) is 108 Å². The summed E-state index contributed by atoms with van der Waals surface area (Å²) in [6, 6.07) is 26.6. The molecule has 2 aromatic heterocycles. The van der Waals surface area contributed by atoms with Crippen molar-refractivity contribution in [2.45, 2.75) is 24.0 Å². The van der Waals surface area contributed by atoms with Crippen LogP contribution < -0.4 is 9.47 Å². The van der Waals surface area contributed by atoms with Crippen molar-refractivity contribution in [3.63, 3.8) is 0 Å². The van der Waals surface area contributed by atoms with Crippen LogP contribution in [0.5, 0.6) is 11.5 Å². The fraction of sp³-hybridized carbons (Fsp3) is 0.148. The summed E-state index contributed by atoms with van der Waals surface area (Å²) in [5, 5.41) is 9.95. The van der Waals surface area contributed by atoms with Crippen molar-refractivity contribution in [2.75, 3.05) is 6.79 Å². The maximum absolute atomic E-state index is 5.58. The lowest BCUT2D eigenvalue weighted by molar-refractivity contribution is 0.174. The summed E-state index contributed by atoms with van der Waals surface area (Å²) < 4.78 is 15.4. The Kier molecular flexibility index (Phi) is 5.94. The number of imidazole rings is 1. The van der Waals surface area contributed by atoms with Crippen molar-refractivity contribution in [2.24, 2.45) is 0 Å². The highest BCUT2D eigenvalue weighted by molar-refractivity contribution is 7.98. The Morgan fingerprint density at radius 3 is 2.46 bits per heavy atom. The van der Waals surface area contributed by atoms with Gasteiger partial charge < -0.3 is 14.0 Å². The molecule has 0 aliphatic carbocycles. The first-order chi connectivity index (χ1) is 17.3. The molecule has 1 aliphatic heterocycles. The van der Waals surface area contributed by atoms with Crippen molar-refractivity contribution in [3.8, 4) is 22.9 Å². The number of aromatic nitrogens is 5. The number of fused-ring (bicyclic) bond motifs is 1. The number of ether oxygens (including phenoxy) is 2. The molecular weight excluding hydrogens is 458 g/mol. The van der Waals surface area contributed by atoms with Gasteiger partial charge in [0.2, 0.25) is 6.79 Å². The van der Waals surface area contributed by atoms with Crippen molar-refractivity contribution >= 4 is 11.8 Å². The normalized spacial score (nSPS) is 12.2. The van der Waals surface area contributed by atoms with Gasteiger partial charge in [0.15, 0.2) is 22.5 Å². The van der Waals surface area contributed by atoms with Crippen LogP contribution in [-0.2, 0) is 18.8 Å². The molecule has 174 valence electrons. The lowest BCUT2D eigenvalue weighted by Crippen LogP contribution is -2.06. The predicted octanol–water partition coefficient (Wildman–Crippen LogP) is 5.26. The van der Waals surface area contributed by atoms with Crippen LogP contribution in [0.1, 0.15) is 17.0 Å². The maximum Gasteiger partial charge on any atom is 0.231 e. The Bertz CT molecular complexity index is 1430. The molecule has 3 aromatic carbocycles. The highest BCUT2D eigenvalue weighted by atomic mass is 32.2. The van der Waals surface area contributed by atoms with Gasteiger partial charge in [-0.2, -0.15) is 0 Å². The molecule has 0 unspecified atom stereocenters. The van der Waals surface area contributed by atoms with E-state index in [1.807, 2.05) is 48.8 Å². The quantitative estimate of drug-likeness (QED) is 0.282. The Labute approximate surface area is 207 Å². The number of hydrogen-bond donors (Lipinski definition) is 0. The van der Waals surface area contributed by atoms with E-state index in [0.717, 1.165) is 46.0 Å². The molecular formula is C27H23N5O2S. The predicted molar refractivity (Wildman–Crippen MR) is 134 cm³/mol. The summed E-state index contributed by atoms with van der Waals surface area (Å²) in [7, 11) is 0. The van der Waals surface area contributed by atoms with Gasteiger partial charge in [0, 0.05) is 24.5 Å². The molecule has 0 saturated heterocycles. The van der Waals surface area contributed by atoms with Crippen LogP contribution in [0, 0.1) is 0 Å². The second-order valence-corrected chi connectivity index (χ2v) is 9.13. The number of rotatable bonds is 8. The second kappa shape index (κ2) is 9.68. The molecule has 3 heterocycles. The molecule has 8 heteroatoms. The fourth-order valence-electron chi connectivity index (χ4n) is 4.09. The van der Waals surface area contributed by atoms with Gasteiger partial charge in [0.05, 0.1) is 12.3 Å². The number of benzene rings is 3. The molecule has 0 radical (unpaired) electrons. The molecule has 35 heavy (non-hydrogen) atoms. The summed E-state index contributed by atoms with van der Waals surface area (Å²) in [6.45, 7) is 1.67. The van der Waals surface area contributed by atoms with Crippen LogP contribution in [0.3, 0.4) is 0 Å². The van der Waals surface area contributed by atoms with Crippen LogP contribution in [0.25, 0.3) is 11.4 Å². The van der Waals surface area contributed by atoms with Gasteiger partial charge in [-0.25, -0.2) is 4.98 Å². The zero-order valence-corrected chi connectivity index (χ0v) is 19.8. The summed E-state index contributed by atoms with van der Waals surface area (Å²) >= 11 is 1.64. The maximum atomic E-state index is 5.58. The van der Waals surface area contributed by atoms with E-state index in [9.17, 15) is 0 Å². The second-order valence-electron chi connectivity index (χ2n) is 8.19. The van der Waals surface area contributed by atoms with Crippen LogP contribution in [-0.4, -0.2) is 31.1 Å². The first kappa shape index (κ1) is 21.5. The van der Waals surface area contributed by atoms with E-state index < -0.39 is 0 Å². The minimum absolute atomic E-state index is 0.261. The van der Waals surface area contributed by atoms with Crippen LogP contribution in [0.4, 0.5) is 0 Å². The van der Waals surface area contributed by atoms with Crippen molar-refractivity contribution in [1.82, 2.24) is 24.3 Å². The Morgan fingerprint density at radius 1 is 0.800 bits per heavy atom. The van der Waals surface area contributed by atoms with Gasteiger partial charge in [-0.1, -0.05) is 78.5 Å². The first-order valence-electron chi connectivity index (χ1n) is 11.4. The molecule has 5 aromatic rings. The molecule has 7 nitrogen and oxygen atoms in total. The van der Waals surface area contributed by atoms with Gasteiger partial charge in [-0.15, -0.1) is 10.2 Å². The molecule has 0 saturated carbocycles. The molecule has 0 fully saturated rings. The third-order valence-electron chi connectivity index (χ3n) is 5.85. The third kappa shape index (κ3) is 4.65. The highest BCUT2D eigenvalue weighted by Crippen LogP contribution is 2.34. The minimum atomic E-state index is 0.261. The molecule has 1 aliphatic rings. The number of thioether (sulfide) groups is 1. The van der Waals surface area contributed by atoms with Gasteiger partial charge >= 0.3 is 0 Å². The van der Waals surface area contributed by atoms with Gasteiger partial charge in [0.25, 0.3) is 0 Å². The standard InChI is InChI=1S/C27H23N5O2S/c1-3-7-20(8-4-1)16-31-14-13-28-25(31)18-35-27-30-29-26(22-9-5-2-6-10-22)32(27)17-21-11-12-23-24(15-21)34-19-33-23/h1-15H,16-19H2. The van der Waals surface area contributed by atoms with Gasteiger partial charge in [0.1, 0.15) is 5.82 Å². The highest BCUT2D eigenvalue weighted by Gasteiger charge is 2.18. The first-order valence-corrected chi connectivity index (χ1v) is 12.4. The zero-order chi connectivity index (χ0) is 23.5. The van der Waals surface area contributed by atoms with Gasteiger partial charge in [-0.05, 0) is 23.3 Å². The van der Waals surface area contributed by atoms with Gasteiger partial charge in [-0.3, -0.25) is 4.57 Å². The lowest BCUT2D eigenvalue weighted by Gasteiger charge is -2.12. The van der Waals surface area contributed by atoms with E-state index >= 15 is 0 Å². The molecule has 0 atom stereocenters. The van der Waals surface area contributed by atoms with Crippen LogP contribution in [0.2, 0.25) is 0 Å². The third-order valence-corrected chi connectivity index (χ3v) is 6.82. The topological polar surface area (TPSA) is 67.0 Å². The largest absolute Gasteiger partial charge is 0.454 e. The lowest BCUT2D eigenvalue weighted by atomic mass is 10.2. The number of nitrogens with zero attached hydrogens (tertiary/aromatic N) is 5. The molecule has 6 rings (SSSR count). The van der Waals surface area contributed by atoms with Crippen molar-refractivity contribution < 1.29 is 9.47 Å². The Morgan fingerprint density at radius 2 is 1.60 bits per heavy atom. The number of hydrogen-bond acceptors (Lipinski definition) is 6. The summed E-state index contributed by atoms with van der Waals surface area (Å²) in [6.07, 6.45) is 3.88. The van der Waals surface area contributed by atoms with E-state index in [-0.39, 0.29) is 6.79 Å². The summed E-state index contributed by atoms with van der Waals surface area (Å²) in [5.74, 6) is 4.07. The van der Waals surface area contributed by atoms with E-state index in [0.29, 0.717) is 12.3 Å². The Hall–Kier alpha value is -4.04. The SMILES string of the molecule is c1ccc(Cn2ccnc2CSc2nnc(-c3ccccc3)n2Cc2ccc3c(c2)OCO3)cc1. The summed E-state index contributed by atoms with van der Waals surface area (Å²) in [4.78, 5) is 4.60. The average molecular weight is 482 g/mol. The fourth-order valence-corrected chi connectivity index (χ4v) is 5.00. The average Bonchev–Trinajstić information content (AvgIpc) is 3.64. The smallest absolute Gasteiger partial charge is 0.231 e. The molecule has 0 bridgehead atoms. The van der Waals surface area contributed by atoms with E-state index in [4.69, 9.17) is 9.47 Å². The Balaban J connectivity index is 1.27. The van der Waals surface area contributed by atoms with E-state index in [2.05, 4.69) is 66.8 Å². The zero-order valence-electron chi connectivity index (χ0n) is 18.9. The monoisotopic (exact) mass is 481 g/mol.